The molecule has 7 heteroatoms. The molecule has 0 aliphatic heterocycles. The lowest BCUT2D eigenvalue weighted by molar-refractivity contribution is -0.137. The lowest BCUT2D eigenvalue weighted by Gasteiger charge is -2.09. The third kappa shape index (κ3) is 2.80. The van der Waals surface area contributed by atoms with Crippen molar-refractivity contribution in [3.63, 3.8) is 0 Å². The van der Waals surface area contributed by atoms with Crippen molar-refractivity contribution >= 4 is 17.0 Å². The minimum absolute atomic E-state index is 0.0184. The van der Waals surface area contributed by atoms with Crippen LogP contribution in [0.3, 0.4) is 0 Å². The number of hydrogen-bond acceptors (Lipinski definition) is 4. The van der Waals surface area contributed by atoms with Crippen LogP contribution in [0.1, 0.15) is 5.56 Å². The summed E-state index contributed by atoms with van der Waals surface area (Å²) in [6.07, 6.45) is -2.13. The molecule has 3 nitrogen and oxygen atoms in total. The van der Waals surface area contributed by atoms with Crippen molar-refractivity contribution in [2.75, 3.05) is 5.73 Å². The molecule has 0 aliphatic rings. The maximum atomic E-state index is 13.0. The molecule has 2 aromatic heterocycles. The highest BCUT2D eigenvalue weighted by molar-refractivity contribution is 7.13. The Morgan fingerprint density at radius 2 is 1.95 bits per heavy atom. The van der Waals surface area contributed by atoms with E-state index < -0.39 is 11.7 Å². The standard InChI is InChI=1S/C15H10F3N3S/c16-15(17,18)12-4-5-20-7-11(12)14-21-13(8-22-14)9-2-1-3-10(19)6-9/h1-8H,19H2. The number of nitrogens with zero attached hydrogens (tertiary/aromatic N) is 2. The van der Waals surface area contributed by atoms with E-state index in [1.165, 1.54) is 6.20 Å². The monoisotopic (exact) mass is 321 g/mol. The molecule has 0 fully saturated rings. The number of nitrogen functional groups attached to an aromatic ring is 1. The number of hydrogen-bond donors (Lipinski definition) is 1. The van der Waals surface area contributed by atoms with Crippen LogP contribution in [0.5, 0.6) is 0 Å². The van der Waals surface area contributed by atoms with E-state index in [1.807, 2.05) is 6.07 Å². The summed E-state index contributed by atoms with van der Waals surface area (Å²) in [6.45, 7) is 0. The number of anilines is 1. The molecule has 0 spiro atoms. The van der Waals surface area contributed by atoms with E-state index in [0.717, 1.165) is 29.2 Å². The van der Waals surface area contributed by atoms with E-state index in [2.05, 4.69) is 9.97 Å². The zero-order chi connectivity index (χ0) is 15.7. The van der Waals surface area contributed by atoms with Crippen LogP contribution >= 0.6 is 11.3 Å². The van der Waals surface area contributed by atoms with Crippen LogP contribution in [-0.4, -0.2) is 9.97 Å². The van der Waals surface area contributed by atoms with Gasteiger partial charge in [-0.2, -0.15) is 13.2 Å². The Balaban J connectivity index is 2.06. The van der Waals surface area contributed by atoms with Gasteiger partial charge < -0.3 is 5.73 Å². The molecular weight excluding hydrogens is 311 g/mol. The van der Waals surface area contributed by atoms with Crippen LogP contribution in [0.25, 0.3) is 21.8 Å². The van der Waals surface area contributed by atoms with Gasteiger partial charge >= 0.3 is 6.18 Å². The Morgan fingerprint density at radius 1 is 1.14 bits per heavy atom. The van der Waals surface area contributed by atoms with Crippen LogP contribution in [0.4, 0.5) is 18.9 Å². The van der Waals surface area contributed by atoms with E-state index >= 15 is 0 Å². The summed E-state index contributed by atoms with van der Waals surface area (Å²) in [4.78, 5) is 8.07. The second-order valence-electron chi connectivity index (χ2n) is 4.58. The predicted molar refractivity (Wildman–Crippen MR) is 80.2 cm³/mol. The van der Waals surface area contributed by atoms with Gasteiger partial charge in [0.2, 0.25) is 0 Å². The number of rotatable bonds is 2. The molecule has 0 aliphatic carbocycles. The van der Waals surface area contributed by atoms with Crippen molar-refractivity contribution in [2.24, 2.45) is 0 Å². The quantitative estimate of drug-likeness (QED) is 0.708. The largest absolute Gasteiger partial charge is 0.417 e. The number of benzene rings is 1. The summed E-state index contributed by atoms with van der Waals surface area (Å²) in [5, 5.41) is 1.98. The number of halogens is 3. The molecule has 0 radical (unpaired) electrons. The molecule has 3 aromatic rings. The topological polar surface area (TPSA) is 51.8 Å². The molecule has 2 heterocycles. The first-order chi connectivity index (χ1) is 10.4. The van der Waals surface area contributed by atoms with Crippen LogP contribution in [-0.2, 0) is 6.18 Å². The van der Waals surface area contributed by atoms with Crippen molar-refractivity contribution < 1.29 is 13.2 Å². The number of aromatic nitrogens is 2. The van der Waals surface area contributed by atoms with Gasteiger partial charge in [0.05, 0.1) is 11.3 Å². The summed E-state index contributed by atoms with van der Waals surface area (Å²) in [6, 6.07) is 8.00. The molecule has 3 rings (SSSR count). The number of nitrogens with two attached hydrogens (primary N) is 1. The molecule has 112 valence electrons. The third-order valence-corrected chi connectivity index (χ3v) is 3.92. The molecule has 0 saturated heterocycles. The fraction of sp³-hybridized carbons (Fsp3) is 0.0667. The molecule has 1 aromatic carbocycles. The lowest BCUT2D eigenvalue weighted by Crippen LogP contribution is -2.07. The van der Waals surface area contributed by atoms with E-state index in [1.54, 1.807) is 23.6 Å². The Kier molecular flexibility index (Phi) is 3.58. The van der Waals surface area contributed by atoms with Crippen LogP contribution < -0.4 is 5.73 Å². The Hall–Kier alpha value is -2.41. The first-order valence-electron chi connectivity index (χ1n) is 6.28. The van der Waals surface area contributed by atoms with Gasteiger partial charge in [0.15, 0.2) is 0 Å². The second kappa shape index (κ2) is 5.42. The Bertz CT molecular complexity index is 812. The number of pyridine rings is 1. The summed E-state index contributed by atoms with van der Waals surface area (Å²) in [7, 11) is 0. The van der Waals surface area contributed by atoms with Gasteiger partial charge in [-0.15, -0.1) is 11.3 Å². The predicted octanol–water partition coefficient (Wildman–Crippen LogP) is 4.47. The Labute approximate surface area is 128 Å². The fourth-order valence-corrected chi connectivity index (χ4v) is 2.89. The van der Waals surface area contributed by atoms with Gasteiger partial charge in [-0.3, -0.25) is 4.98 Å². The first kappa shape index (κ1) is 14.5. The fourth-order valence-electron chi connectivity index (χ4n) is 2.04. The van der Waals surface area contributed by atoms with Crippen molar-refractivity contribution in [2.45, 2.75) is 6.18 Å². The summed E-state index contributed by atoms with van der Waals surface area (Å²) < 4.78 is 39.1. The highest BCUT2D eigenvalue weighted by Gasteiger charge is 2.34. The molecule has 0 amide bonds. The molecular formula is C15H10F3N3S. The van der Waals surface area contributed by atoms with Gasteiger partial charge in [0.25, 0.3) is 0 Å². The smallest absolute Gasteiger partial charge is 0.399 e. The average Bonchev–Trinajstić information content (AvgIpc) is 2.96. The van der Waals surface area contributed by atoms with Gasteiger partial charge in [-0.1, -0.05) is 12.1 Å². The summed E-state index contributed by atoms with van der Waals surface area (Å²) >= 11 is 1.14. The SMILES string of the molecule is Nc1cccc(-c2csc(-c3cnccc3C(F)(F)F)n2)c1. The van der Waals surface area contributed by atoms with E-state index in [-0.39, 0.29) is 10.6 Å². The van der Waals surface area contributed by atoms with E-state index in [9.17, 15) is 13.2 Å². The van der Waals surface area contributed by atoms with Crippen molar-refractivity contribution in [3.8, 4) is 21.8 Å². The molecule has 0 unspecified atom stereocenters. The normalized spacial score (nSPS) is 11.6. The molecule has 0 atom stereocenters. The van der Waals surface area contributed by atoms with E-state index in [0.29, 0.717) is 11.4 Å². The minimum Gasteiger partial charge on any atom is -0.399 e. The zero-order valence-electron chi connectivity index (χ0n) is 11.1. The van der Waals surface area contributed by atoms with Crippen LogP contribution in [0.15, 0.2) is 48.1 Å². The highest BCUT2D eigenvalue weighted by Crippen LogP contribution is 2.38. The van der Waals surface area contributed by atoms with Crippen LogP contribution in [0, 0.1) is 0 Å². The van der Waals surface area contributed by atoms with Crippen molar-refractivity contribution in [1.82, 2.24) is 9.97 Å². The van der Waals surface area contributed by atoms with Gasteiger partial charge in [-0.05, 0) is 18.2 Å². The van der Waals surface area contributed by atoms with Crippen molar-refractivity contribution in [3.05, 3.63) is 53.7 Å². The maximum absolute atomic E-state index is 13.0. The molecule has 22 heavy (non-hydrogen) atoms. The lowest BCUT2D eigenvalue weighted by atomic mass is 10.1. The molecule has 2 N–H and O–H groups in total. The zero-order valence-corrected chi connectivity index (χ0v) is 11.9. The average molecular weight is 321 g/mol. The molecule has 0 saturated carbocycles. The number of thiazole rings is 1. The maximum Gasteiger partial charge on any atom is 0.417 e. The Morgan fingerprint density at radius 3 is 2.68 bits per heavy atom. The second-order valence-corrected chi connectivity index (χ2v) is 5.44. The van der Waals surface area contributed by atoms with Gasteiger partial charge in [-0.25, -0.2) is 4.98 Å². The van der Waals surface area contributed by atoms with Gasteiger partial charge in [0.1, 0.15) is 5.01 Å². The van der Waals surface area contributed by atoms with Gasteiger partial charge in [0, 0.05) is 34.6 Å². The number of alkyl halides is 3. The highest BCUT2D eigenvalue weighted by atomic mass is 32.1. The first-order valence-corrected chi connectivity index (χ1v) is 7.16. The minimum atomic E-state index is -4.44. The van der Waals surface area contributed by atoms with Crippen molar-refractivity contribution in [1.29, 1.82) is 0 Å². The van der Waals surface area contributed by atoms with E-state index in [4.69, 9.17) is 5.73 Å². The third-order valence-electron chi connectivity index (χ3n) is 3.04. The summed E-state index contributed by atoms with van der Waals surface area (Å²) in [5.41, 5.74) is 6.88. The summed E-state index contributed by atoms with van der Waals surface area (Å²) in [5.74, 6) is 0. The molecule has 0 bridgehead atoms. The van der Waals surface area contributed by atoms with Crippen LogP contribution in [0.2, 0.25) is 0 Å².